The average Bonchev–Trinajstić information content (AvgIpc) is 3.03. The zero-order valence-corrected chi connectivity index (χ0v) is 18.2. The van der Waals surface area contributed by atoms with Crippen LogP contribution in [0.4, 0.5) is 11.6 Å². The third-order valence-corrected chi connectivity index (χ3v) is 6.10. The third-order valence-electron chi connectivity index (χ3n) is 6.10. The van der Waals surface area contributed by atoms with Gasteiger partial charge in [0, 0.05) is 12.1 Å². The summed E-state index contributed by atoms with van der Waals surface area (Å²) in [6.45, 7) is 9.35. The molecule has 0 unspecified atom stereocenters. The summed E-state index contributed by atoms with van der Waals surface area (Å²) in [5.74, 6) is 1.93. The van der Waals surface area contributed by atoms with E-state index >= 15 is 0 Å². The molecule has 0 saturated carbocycles. The van der Waals surface area contributed by atoms with Gasteiger partial charge in [-0.25, -0.2) is 0 Å². The number of unbranched alkanes of at least 4 members (excludes halogenated alkanes) is 2. The molecule has 2 aliphatic heterocycles. The molecule has 3 rings (SSSR count). The van der Waals surface area contributed by atoms with Gasteiger partial charge in [0.2, 0.25) is 5.91 Å². The molecule has 1 aromatic heterocycles. The van der Waals surface area contributed by atoms with Gasteiger partial charge in [0.1, 0.15) is 11.6 Å². The number of fused-ring (bicyclic) bond motifs is 1. The van der Waals surface area contributed by atoms with E-state index in [2.05, 4.69) is 28.7 Å². The fourth-order valence-corrected chi connectivity index (χ4v) is 4.35. The summed E-state index contributed by atoms with van der Waals surface area (Å²) in [5.41, 5.74) is 6.82. The molecule has 0 aromatic carbocycles. The first-order valence-electron chi connectivity index (χ1n) is 11.4. The highest BCUT2D eigenvalue weighted by Crippen LogP contribution is 2.32. The molecule has 7 nitrogen and oxygen atoms in total. The number of ether oxygens (including phenoxy) is 1. The van der Waals surface area contributed by atoms with Crippen molar-refractivity contribution in [2.75, 3.05) is 43.4 Å². The van der Waals surface area contributed by atoms with E-state index < -0.39 is 0 Å². The van der Waals surface area contributed by atoms with Crippen LogP contribution in [0.15, 0.2) is 0 Å². The maximum absolute atomic E-state index is 12.5. The van der Waals surface area contributed by atoms with E-state index in [-0.39, 0.29) is 11.9 Å². The largest absolute Gasteiger partial charge is 0.463 e. The molecule has 0 radical (unpaired) electrons. The van der Waals surface area contributed by atoms with Gasteiger partial charge < -0.3 is 15.4 Å². The second-order valence-corrected chi connectivity index (χ2v) is 8.40. The van der Waals surface area contributed by atoms with Crippen LogP contribution in [0.2, 0.25) is 0 Å². The molecule has 29 heavy (non-hydrogen) atoms. The first-order valence-corrected chi connectivity index (χ1v) is 11.4. The van der Waals surface area contributed by atoms with Crippen LogP contribution in [-0.4, -0.2) is 53.6 Å². The summed E-state index contributed by atoms with van der Waals surface area (Å²) >= 11 is 0. The Bertz CT molecular complexity index is 673. The fourth-order valence-electron chi connectivity index (χ4n) is 4.35. The Kier molecular flexibility index (Phi) is 8.09. The summed E-state index contributed by atoms with van der Waals surface area (Å²) in [6.07, 6.45) is 9.56. The maximum Gasteiger partial charge on any atom is 0.320 e. The van der Waals surface area contributed by atoms with Gasteiger partial charge in [-0.3, -0.25) is 9.69 Å². The normalized spacial score (nSPS) is 17.7. The van der Waals surface area contributed by atoms with Crippen molar-refractivity contribution in [2.24, 2.45) is 5.92 Å². The number of rotatable bonds is 11. The lowest BCUT2D eigenvalue weighted by molar-refractivity contribution is -0.117. The second kappa shape index (κ2) is 10.8. The van der Waals surface area contributed by atoms with Gasteiger partial charge in [-0.1, -0.05) is 33.1 Å². The van der Waals surface area contributed by atoms with E-state index in [0.717, 1.165) is 37.2 Å². The zero-order valence-electron chi connectivity index (χ0n) is 18.2. The van der Waals surface area contributed by atoms with Crippen LogP contribution >= 0.6 is 0 Å². The van der Waals surface area contributed by atoms with Crippen LogP contribution in [0, 0.1) is 5.92 Å². The van der Waals surface area contributed by atoms with Crippen LogP contribution < -0.4 is 15.4 Å². The highest BCUT2D eigenvalue weighted by atomic mass is 16.5. The summed E-state index contributed by atoms with van der Waals surface area (Å²) in [7, 11) is 0. The Balaban J connectivity index is 1.48. The van der Waals surface area contributed by atoms with Crippen molar-refractivity contribution in [1.82, 2.24) is 14.9 Å². The molecular weight excluding hydrogens is 366 g/mol. The first kappa shape index (κ1) is 21.8. The number of hydrogen-bond donors (Lipinski definition) is 1. The van der Waals surface area contributed by atoms with Crippen molar-refractivity contribution in [1.29, 1.82) is 0 Å². The number of hydrogen-bond acceptors (Lipinski definition) is 6. The highest BCUT2D eigenvalue weighted by Gasteiger charge is 2.32. The molecular formula is C22H37N5O2. The van der Waals surface area contributed by atoms with E-state index in [1.165, 1.54) is 45.3 Å². The number of aromatic nitrogens is 2. The van der Waals surface area contributed by atoms with Gasteiger partial charge in [0.25, 0.3) is 0 Å². The van der Waals surface area contributed by atoms with Crippen molar-refractivity contribution >= 4 is 17.5 Å². The molecule has 1 saturated heterocycles. The van der Waals surface area contributed by atoms with Gasteiger partial charge in [-0.2, -0.15) is 9.97 Å². The van der Waals surface area contributed by atoms with Gasteiger partial charge in [0.15, 0.2) is 0 Å². The van der Waals surface area contributed by atoms with Crippen molar-refractivity contribution in [3.05, 3.63) is 5.56 Å². The van der Waals surface area contributed by atoms with E-state index in [1.807, 2.05) is 0 Å². The summed E-state index contributed by atoms with van der Waals surface area (Å²) in [5, 5.41) is 0. The van der Waals surface area contributed by atoms with Gasteiger partial charge in [-0.15, -0.1) is 0 Å². The van der Waals surface area contributed by atoms with E-state index in [9.17, 15) is 4.79 Å². The average molecular weight is 404 g/mol. The number of amides is 1. The van der Waals surface area contributed by atoms with Crippen LogP contribution in [0.5, 0.6) is 6.01 Å². The molecule has 3 heterocycles. The number of piperidine rings is 1. The minimum absolute atomic E-state index is 0.0691. The number of nitrogens with zero attached hydrogens (tertiary/aromatic N) is 4. The Labute approximate surface area is 175 Å². The second-order valence-electron chi connectivity index (χ2n) is 8.40. The molecule has 1 amide bonds. The Morgan fingerprint density at radius 2 is 1.86 bits per heavy atom. The zero-order chi connectivity index (χ0) is 20.6. The monoisotopic (exact) mass is 403 g/mol. The Hall–Kier alpha value is -1.89. The van der Waals surface area contributed by atoms with Gasteiger partial charge in [-0.05, 0) is 57.7 Å². The third kappa shape index (κ3) is 5.81. The smallest absolute Gasteiger partial charge is 0.320 e. The first-order chi connectivity index (χ1) is 14.1. The van der Waals surface area contributed by atoms with Crippen molar-refractivity contribution < 1.29 is 9.53 Å². The fraction of sp³-hybridized carbons (Fsp3) is 0.773. The molecule has 7 heteroatoms. The maximum atomic E-state index is 12.5. The van der Waals surface area contributed by atoms with Crippen molar-refractivity contribution in [3.8, 4) is 6.01 Å². The molecule has 2 N–H and O–H groups in total. The summed E-state index contributed by atoms with van der Waals surface area (Å²) in [6, 6.07) is 0.285. The van der Waals surface area contributed by atoms with Crippen LogP contribution in [0.25, 0.3) is 0 Å². The lowest BCUT2D eigenvalue weighted by Crippen LogP contribution is -2.34. The Morgan fingerprint density at radius 3 is 2.59 bits per heavy atom. The van der Waals surface area contributed by atoms with Crippen molar-refractivity contribution in [3.63, 3.8) is 0 Å². The molecule has 162 valence electrons. The molecule has 0 atom stereocenters. The van der Waals surface area contributed by atoms with Gasteiger partial charge >= 0.3 is 6.01 Å². The molecule has 2 aliphatic rings. The van der Waals surface area contributed by atoms with Gasteiger partial charge in [0.05, 0.1) is 13.0 Å². The van der Waals surface area contributed by atoms with Crippen LogP contribution in [0.3, 0.4) is 0 Å². The van der Waals surface area contributed by atoms with Crippen molar-refractivity contribution in [2.45, 2.75) is 71.6 Å². The minimum atomic E-state index is 0.0691. The van der Waals surface area contributed by atoms with Crippen LogP contribution in [-0.2, 0) is 11.2 Å². The number of carbonyl (C=O) groups is 1. The molecule has 1 aromatic rings. The standard InChI is InChI=1S/C22H37N5O2/c1-3-5-15-29-22-24-20(23)18-16-19(28)27(21(18)25-22)12-7-6-8-17-9-13-26(11-4-2)14-10-17/h17H,3-16H2,1-2H3,(H2,23,24,25). The molecule has 1 fully saturated rings. The molecule has 0 bridgehead atoms. The topological polar surface area (TPSA) is 84.6 Å². The minimum Gasteiger partial charge on any atom is -0.463 e. The SMILES string of the molecule is CCCCOc1nc(N)c2c(n1)N(CCCCC1CCN(CCC)CC1)C(=O)C2. The lowest BCUT2D eigenvalue weighted by Gasteiger charge is -2.31. The molecule has 0 aliphatic carbocycles. The molecule has 0 spiro atoms. The highest BCUT2D eigenvalue weighted by molar-refractivity contribution is 6.01. The number of anilines is 2. The summed E-state index contributed by atoms with van der Waals surface area (Å²) in [4.78, 5) is 25.6. The number of nitrogen functional groups attached to an aromatic ring is 1. The Morgan fingerprint density at radius 1 is 1.07 bits per heavy atom. The predicted octanol–water partition coefficient (Wildman–Crippen LogP) is 3.42. The van der Waals surface area contributed by atoms with E-state index in [1.54, 1.807) is 4.90 Å². The number of carbonyl (C=O) groups excluding carboxylic acids is 1. The number of nitrogens with two attached hydrogens (primary N) is 1. The number of likely N-dealkylation sites (tertiary alicyclic amines) is 1. The predicted molar refractivity (Wildman–Crippen MR) is 116 cm³/mol. The lowest BCUT2D eigenvalue weighted by atomic mass is 9.91. The van der Waals surface area contributed by atoms with Crippen LogP contribution in [0.1, 0.15) is 70.8 Å². The van der Waals surface area contributed by atoms with E-state index in [4.69, 9.17) is 10.5 Å². The quantitative estimate of drug-likeness (QED) is 0.570. The van der Waals surface area contributed by atoms with E-state index in [0.29, 0.717) is 31.2 Å². The summed E-state index contributed by atoms with van der Waals surface area (Å²) < 4.78 is 5.62.